The molecule has 0 aromatic heterocycles. The number of carbonyl (C=O) groups excluding carboxylic acids is 1. The Morgan fingerprint density at radius 1 is 1.06 bits per heavy atom. The van der Waals surface area contributed by atoms with E-state index in [2.05, 4.69) is 19.2 Å². The third kappa shape index (κ3) is 7.28. The first-order valence-electron chi connectivity index (χ1n) is 10.8. The molecular formula is C24H34N2O3S2. The van der Waals surface area contributed by atoms with Gasteiger partial charge in [-0.15, -0.1) is 11.8 Å². The van der Waals surface area contributed by atoms with Crippen molar-refractivity contribution in [2.75, 3.05) is 23.7 Å². The summed E-state index contributed by atoms with van der Waals surface area (Å²) in [7, 11) is -3.88. The molecule has 0 aliphatic carbocycles. The number of thioether (sulfide) groups is 1. The summed E-state index contributed by atoms with van der Waals surface area (Å²) in [5, 5.41) is 2.95. The smallest absolute Gasteiger partial charge is 0.264 e. The van der Waals surface area contributed by atoms with Crippen molar-refractivity contribution in [2.45, 2.75) is 56.2 Å². The van der Waals surface area contributed by atoms with Crippen LogP contribution in [0.1, 0.15) is 45.1 Å². The quantitative estimate of drug-likeness (QED) is 0.438. The van der Waals surface area contributed by atoms with Gasteiger partial charge in [0.1, 0.15) is 6.54 Å². The van der Waals surface area contributed by atoms with Crippen molar-refractivity contribution in [3.05, 3.63) is 54.1 Å². The molecule has 0 bridgehead atoms. The standard InChI is InChI=1S/C24H34N2O3S2/c1-5-7-8-20(6-2)17-25-24(27)18-26(21-11-9-19(3)10-12-21)31(28,29)23-15-13-22(30-4)14-16-23/h9-16,20H,5-8,17-18H2,1-4H3,(H,25,27)/t20-/m0/s1. The molecule has 0 radical (unpaired) electrons. The number of hydrogen-bond donors (Lipinski definition) is 1. The normalized spacial score (nSPS) is 12.4. The number of unbranched alkanes of at least 4 members (excludes halogenated alkanes) is 1. The number of carbonyl (C=O) groups is 1. The zero-order valence-electron chi connectivity index (χ0n) is 18.9. The maximum Gasteiger partial charge on any atom is 0.264 e. The Kier molecular flexibility index (Phi) is 9.91. The monoisotopic (exact) mass is 462 g/mol. The van der Waals surface area contributed by atoms with Crippen LogP contribution in [0.25, 0.3) is 0 Å². The Bertz CT molecular complexity index is 926. The van der Waals surface area contributed by atoms with Gasteiger partial charge in [-0.25, -0.2) is 8.42 Å². The lowest BCUT2D eigenvalue weighted by Gasteiger charge is -2.25. The summed E-state index contributed by atoms with van der Waals surface area (Å²) in [5.41, 5.74) is 1.50. The van der Waals surface area contributed by atoms with Gasteiger partial charge in [-0.1, -0.05) is 50.8 Å². The van der Waals surface area contributed by atoms with E-state index in [1.54, 1.807) is 48.2 Å². The summed E-state index contributed by atoms with van der Waals surface area (Å²) in [6.45, 7) is 6.53. The lowest BCUT2D eigenvalue weighted by atomic mass is 9.99. The molecule has 0 unspecified atom stereocenters. The van der Waals surface area contributed by atoms with E-state index in [1.165, 1.54) is 4.31 Å². The van der Waals surface area contributed by atoms with Gasteiger partial charge in [0, 0.05) is 11.4 Å². The van der Waals surface area contributed by atoms with Crippen LogP contribution in [0.5, 0.6) is 0 Å². The highest BCUT2D eigenvalue weighted by Crippen LogP contribution is 2.25. The summed E-state index contributed by atoms with van der Waals surface area (Å²) in [4.78, 5) is 13.9. The number of sulfonamides is 1. The number of nitrogens with zero attached hydrogens (tertiary/aromatic N) is 1. The van der Waals surface area contributed by atoms with E-state index >= 15 is 0 Å². The molecule has 31 heavy (non-hydrogen) atoms. The molecule has 0 saturated carbocycles. The SMILES string of the molecule is CCCC[C@H](CC)CNC(=O)CN(c1ccc(C)cc1)S(=O)(=O)c1ccc(SC)cc1. The van der Waals surface area contributed by atoms with Gasteiger partial charge in [0.25, 0.3) is 10.0 Å². The fraction of sp³-hybridized carbons (Fsp3) is 0.458. The number of anilines is 1. The van der Waals surface area contributed by atoms with Gasteiger partial charge in [-0.05, 0) is 61.9 Å². The van der Waals surface area contributed by atoms with Crippen LogP contribution >= 0.6 is 11.8 Å². The maximum atomic E-state index is 13.4. The zero-order valence-corrected chi connectivity index (χ0v) is 20.6. The summed E-state index contributed by atoms with van der Waals surface area (Å²) in [5.74, 6) is 0.118. The number of aryl methyl sites for hydroxylation is 1. The van der Waals surface area contributed by atoms with E-state index in [1.807, 2.05) is 25.3 Å². The van der Waals surface area contributed by atoms with Crippen LogP contribution in [0.2, 0.25) is 0 Å². The Balaban J connectivity index is 2.24. The number of nitrogens with one attached hydrogen (secondary N) is 1. The third-order valence-electron chi connectivity index (χ3n) is 5.39. The van der Waals surface area contributed by atoms with Crippen LogP contribution in [-0.2, 0) is 14.8 Å². The van der Waals surface area contributed by atoms with Gasteiger partial charge in [-0.3, -0.25) is 9.10 Å². The molecular weight excluding hydrogens is 428 g/mol. The predicted molar refractivity (Wildman–Crippen MR) is 130 cm³/mol. The van der Waals surface area contributed by atoms with Gasteiger partial charge in [0.05, 0.1) is 10.6 Å². The molecule has 2 aromatic rings. The first-order valence-corrected chi connectivity index (χ1v) is 13.5. The van der Waals surface area contributed by atoms with Crippen LogP contribution in [0, 0.1) is 12.8 Å². The third-order valence-corrected chi connectivity index (χ3v) is 7.92. The highest BCUT2D eigenvalue weighted by molar-refractivity contribution is 7.98. The maximum absolute atomic E-state index is 13.4. The molecule has 2 aromatic carbocycles. The molecule has 0 aliphatic heterocycles. The van der Waals surface area contributed by atoms with E-state index < -0.39 is 10.0 Å². The molecule has 0 spiro atoms. The minimum absolute atomic E-state index is 0.174. The first kappa shape index (κ1) is 25.3. The lowest BCUT2D eigenvalue weighted by molar-refractivity contribution is -0.119. The van der Waals surface area contributed by atoms with E-state index in [9.17, 15) is 13.2 Å². The Labute approximate surface area is 191 Å². The summed E-state index contributed by atoms with van der Waals surface area (Å²) >= 11 is 1.55. The minimum atomic E-state index is -3.88. The first-order chi connectivity index (χ1) is 14.8. The molecule has 0 heterocycles. The van der Waals surface area contributed by atoms with Gasteiger partial charge < -0.3 is 5.32 Å². The number of hydrogen-bond acceptors (Lipinski definition) is 4. The van der Waals surface area contributed by atoms with Gasteiger partial charge >= 0.3 is 0 Å². The van der Waals surface area contributed by atoms with Crippen LogP contribution in [-0.4, -0.2) is 33.7 Å². The number of benzene rings is 2. The average molecular weight is 463 g/mol. The zero-order chi connectivity index (χ0) is 22.9. The van der Waals surface area contributed by atoms with Crippen molar-refractivity contribution in [1.29, 1.82) is 0 Å². The van der Waals surface area contributed by atoms with E-state index in [-0.39, 0.29) is 17.3 Å². The Morgan fingerprint density at radius 3 is 2.26 bits per heavy atom. The Hall–Kier alpha value is -1.99. The van der Waals surface area contributed by atoms with E-state index in [4.69, 9.17) is 0 Å². The molecule has 2 rings (SSSR count). The summed E-state index contributed by atoms with van der Waals surface area (Å²) in [6.07, 6.45) is 6.25. The molecule has 1 atom stereocenters. The molecule has 0 aliphatic rings. The molecule has 7 heteroatoms. The number of amides is 1. The topological polar surface area (TPSA) is 66.5 Å². The van der Waals surface area contributed by atoms with Crippen LogP contribution in [0.3, 0.4) is 0 Å². The van der Waals surface area contributed by atoms with E-state index in [0.29, 0.717) is 18.2 Å². The lowest BCUT2D eigenvalue weighted by Crippen LogP contribution is -2.42. The second-order valence-corrected chi connectivity index (χ2v) is 10.5. The van der Waals surface area contributed by atoms with Crippen molar-refractivity contribution in [3.8, 4) is 0 Å². The van der Waals surface area contributed by atoms with Gasteiger partial charge in [0.15, 0.2) is 0 Å². The predicted octanol–water partition coefficient (Wildman–Crippen LogP) is 5.24. The van der Waals surface area contributed by atoms with Crippen molar-refractivity contribution in [1.82, 2.24) is 5.32 Å². The molecule has 1 amide bonds. The van der Waals surface area contributed by atoms with Gasteiger partial charge in [-0.2, -0.15) is 0 Å². The van der Waals surface area contributed by atoms with Crippen LogP contribution < -0.4 is 9.62 Å². The van der Waals surface area contributed by atoms with Crippen molar-refractivity contribution in [3.63, 3.8) is 0 Å². The molecule has 5 nitrogen and oxygen atoms in total. The van der Waals surface area contributed by atoms with Crippen molar-refractivity contribution < 1.29 is 13.2 Å². The second kappa shape index (κ2) is 12.2. The molecule has 0 fully saturated rings. The van der Waals surface area contributed by atoms with E-state index in [0.717, 1.165) is 36.1 Å². The van der Waals surface area contributed by atoms with Gasteiger partial charge in [0.2, 0.25) is 5.91 Å². The molecule has 170 valence electrons. The minimum Gasteiger partial charge on any atom is -0.354 e. The van der Waals surface area contributed by atoms with Crippen molar-refractivity contribution in [2.24, 2.45) is 5.92 Å². The van der Waals surface area contributed by atoms with Crippen LogP contribution in [0.15, 0.2) is 58.3 Å². The van der Waals surface area contributed by atoms with Crippen LogP contribution in [0.4, 0.5) is 5.69 Å². The summed E-state index contributed by atoms with van der Waals surface area (Å²) < 4.78 is 28.1. The largest absolute Gasteiger partial charge is 0.354 e. The fourth-order valence-electron chi connectivity index (χ4n) is 3.29. The highest BCUT2D eigenvalue weighted by atomic mass is 32.2. The number of rotatable bonds is 12. The molecule has 1 N–H and O–H groups in total. The average Bonchev–Trinajstić information content (AvgIpc) is 2.78. The highest BCUT2D eigenvalue weighted by Gasteiger charge is 2.27. The fourth-order valence-corrected chi connectivity index (χ4v) is 5.12. The summed E-state index contributed by atoms with van der Waals surface area (Å²) in [6, 6.07) is 13.9. The van der Waals surface area contributed by atoms with Crippen molar-refractivity contribution >= 4 is 33.4 Å². The second-order valence-electron chi connectivity index (χ2n) is 7.74. The molecule has 0 saturated heterocycles. The Morgan fingerprint density at radius 2 is 1.71 bits per heavy atom.